The van der Waals surface area contributed by atoms with E-state index in [1.54, 1.807) is 21.9 Å². The van der Waals surface area contributed by atoms with Gasteiger partial charge in [0.05, 0.1) is 6.04 Å². The zero-order valence-electron chi connectivity index (χ0n) is 11.4. The topological polar surface area (TPSA) is 40.6 Å². The fraction of sp³-hybridized carbons (Fsp3) is 0.467. The number of carbonyl (C=O) groups excluding carboxylic acids is 2. The second-order valence-corrected chi connectivity index (χ2v) is 5.44. The van der Waals surface area contributed by atoms with Crippen LogP contribution in [0.1, 0.15) is 31.4 Å². The van der Waals surface area contributed by atoms with E-state index >= 15 is 0 Å². The zero-order chi connectivity index (χ0) is 14.3. The van der Waals surface area contributed by atoms with Gasteiger partial charge in [-0.1, -0.05) is 12.1 Å². The van der Waals surface area contributed by atoms with Crippen LogP contribution in [0.4, 0.5) is 4.39 Å². The predicted octanol–water partition coefficient (Wildman–Crippen LogP) is 1.72. The molecule has 0 N–H and O–H groups in total. The maximum absolute atomic E-state index is 13.3. The van der Waals surface area contributed by atoms with Crippen molar-refractivity contribution >= 4 is 11.8 Å². The van der Waals surface area contributed by atoms with E-state index in [-0.39, 0.29) is 36.3 Å². The van der Waals surface area contributed by atoms with Gasteiger partial charge in [0.1, 0.15) is 18.4 Å². The molecule has 2 aliphatic heterocycles. The molecule has 0 saturated carbocycles. The van der Waals surface area contributed by atoms with Crippen molar-refractivity contribution < 1.29 is 14.0 Å². The first-order chi connectivity index (χ1) is 9.58. The lowest BCUT2D eigenvalue weighted by molar-refractivity contribution is -0.155. The molecule has 1 aromatic carbocycles. The normalized spacial score (nSPS) is 24.0. The van der Waals surface area contributed by atoms with Gasteiger partial charge in [-0.3, -0.25) is 9.59 Å². The molecule has 2 unspecified atom stereocenters. The third-order valence-corrected chi connectivity index (χ3v) is 4.25. The first kappa shape index (κ1) is 13.1. The third-order valence-electron chi connectivity index (χ3n) is 4.25. The summed E-state index contributed by atoms with van der Waals surface area (Å²) in [5.41, 5.74) is 0.720. The number of benzene rings is 1. The molecule has 2 aliphatic rings. The van der Waals surface area contributed by atoms with Crippen molar-refractivity contribution in [3.8, 4) is 0 Å². The van der Waals surface area contributed by atoms with Crippen LogP contribution in [0, 0.1) is 5.82 Å². The highest BCUT2D eigenvalue weighted by molar-refractivity contribution is 5.95. The number of hydrogen-bond donors (Lipinski definition) is 0. The second-order valence-electron chi connectivity index (χ2n) is 5.44. The molecule has 0 aromatic heterocycles. The van der Waals surface area contributed by atoms with Crippen LogP contribution in [0.25, 0.3) is 0 Å². The molecule has 106 valence electrons. The number of hydrogen-bond acceptors (Lipinski definition) is 2. The lowest BCUT2D eigenvalue weighted by atomic mass is 10.0. The molecule has 2 fully saturated rings. The zero-order valence-corrected chi connectivity index (χ0v) is 11.4. The van der Waals surface area contributed by atoms with Crippen LogP contribution in [0.15, 0.2) is 24.3 Å². The molecule has 5 heteroatoms. The van der Waals surface area contributed by atoms with E-state index in [9.17, 15) is 14.0 Å². The fourth-order valence-electron chi connectivity index (χ4n) is 3.10. The molecule has 3 rings (SSSR count). The second kappa shape index (κ2) is 4.89. The van der Waals surface area contributed by atoms with Gasteiger partial charge >= 0.3 is 0 Å². The lowest BCUT2D eigenvalue weighted by Gasteiger charge is -2.39. The van der Waals surface area contributed by atoms with Gasteiger partial charge in [-0.05, 0) is 37.5 Å². The fourth-order valence-corrected chi connectivity index (χ4v) is 3.10. The molecular formula is C15H17FN2O2. The SMILES string of the molecule is CC(c1cccc(F)c1)N1CC(=O)N2CCCC2C1=O. The standard InChI is InChI=1S/C15H17FN2O2/c1-10(11-4-2-5-12(16)8-11)18-9-14(19)17-7-3-6-13(17)15(18)20/h2,4-5,8,10,13H,3,6-7,9H2,1H3. The van der Waals surface area contributed by atoms with Gasteiger partial charge < -0.3 is 9.80 Å². The summed E-state index contributed by atoms with van der Waals surface area (Å²) >= 11 is 0. The number of amides is 2. The Morgan fingerprint density at radius 2 is 2.15 bits per heavy atom. The molecule has 20 heavy (non-hydrogen) atoms. The molecule has 0 aliphatic carbocycles. The Labute approximate surface area is 117 Å². The highest BCUT2D eigenvalue weighted by Crippen LogP contribution is 2.29. The van der Waals surface area contributed by atoms with E-state index in [0.29, 0.717) is 6.54 Å². The highest BCUT2D eigenvalue weighted by Gasteiger charge is 2.43. The van der Waals surface area contributed by atoms with Crippen LogP contribution in [0.2, 0.25) is 0 Å². The summed E-state index contributed by atoms with van der Waals surface area (Å²) in [5, 5.41) is 0. The van der Waals surface area contributed by atoms with E-state index in [0.717, 1.165) is 18.4 Å². The van der Waals surface area contributed by atoms with E-state index in [4.69, 9.17) is 0 Å². The van der Waals surface area contributed by atoms with E-state index < -0.39 is 0 Å². The van der Waals surface area contributed by atoms with Crippen molar-refractivity contribution in [2.24, 2.45) is 0 Å². The van der Waals surface area contributed by atoms with Gasteiger partial charge in [0.2, 0.25) is 11.8 Å². The number of fused-ring (bicyclic) bond motifs is 1. The minimum absolute atomic E-state index is 0.00430. The number of carbonyl (C=O) groups is 2. The van der Waals surface area contributed by atoms with E-state index in [1.807, 2.05) is 6.92 Å². The third kappa shape index (κ3) is 2.07. The van der Waals surface area contributed by atoms with Gasteiger partial charge in [-0.2, -0.15) is 0 Å². The molecule has 2 saturated heterocycles. The average molecular weight is 276 g/mol. The van der Waals surface area contributed by atoms with Gasteiger partial charge in [-0.25, -0.2) is 4.39 Å². The minimum Gasteiger partial charge on any atom is -0.329 e. The van der Waals surface area contributed by atoms with Crippen LogP contribution in [-0.4, -0.2) is 40.7 Å². The molecule has 4 nitrogen and oxygen atoms in total. The molecule has 0 bridgehead atoms. The predicted molar refractivity (Wildman–Crippen MR) is 71.3 cm³/mol. The van der Waals surface area contributed by atoms with Crippen molar-refractivity contribution in [3.05, 3.63) is 35.6 Å². The summed E-state index contributed by atoms with van der Waals surface area (Å²) < 4.78 is 13.3. The van der Waals surface area contributed by atoms with E-state index in [2.05, 4.69) is 0 Å². The van der Waals surface area contributed by atoms with Crippen LogP contribution in [0.3, 0.4) is 0 Å². The molecule has 2 heterocycles. The van der Waals surface area contributed by atoms with Crippen molar-refractivity contribution in [2.75, 3.05) is 13.1 Å². The highest BCUT2D eigenvalue weighted by atomic mass is 19.1. The summed E-state index contributed by atoms with van der Waals surface area (Å²) in [6.07, 6.45) is 1.61. The Morgan fingerprint density at radius 3 is 2.90 bits per heavy atom. The van der Waals surface area contributed by atoms with Crippen LogP contribution in [0.5, 0.6) is 0 Å². The maximum atomic E-state index is 13.3. The quantitative estimate of drug-likeness (QED) is 0.825. The van der Waals surface area contributed by atoms with Gasteiger partial charge in [0.25, 0.3) is 0 Å². The van der Waals surface area contributed by atoms with Gasteiger partial charge in [0.15, 0.2) is 0 Å². The summed E-state index contributed by atoms with van der Waals surface area (Å²) in [6.45, 7) is 2.61. The molecule has 2 amide bonds. The van der Waals surface area contributed by atoms with Crippen LogP contribution in [-0.2, 0) is 9.59 Å². The van der Waals surface area contributed by atoms with Crippen molar-refractivity contribution in [1.29, 1.82) is 0 Å². The van der Waals surface area contributed by atoms with Crippen molar-refractivity contribution in [2.45, 2.75) is 31.8 Å². The lowest BCUT2D eigenvalue weighted by Crippen LogP contribution is -2.57. The van der Waals surface area contributed by atoms with Gasteiger partial charge in [-0.15, -0.1) is 0 Å². The molecule has 0 spiro atoms. The van der Waals surface area contributed by atoms with Crippen molar-refractivity contribution in [1.82, 2.24) is 9.80 Å². The summed E-state index contributed by atoms with van der Waals surface area (Å²) in [4.78, 5) is 27.8. The Balaban J connectivity index is 1.86. The maximum Gasteiger partial charge on any atom is 0.246 e. The molecule has 1 aromatic rings. The van der Waals surface area contributed by atoms with Gasteiger partial charge in [0, 0.05) is 6.54 Å². The average Bonchev–Trinajstić information content (AvgIpc) is 2.92. The Kier molecular flexibility index (Phi) is 3.20. The van der Waals surface area contributed by atoms with Crippen molar-refractivity contribution in [3.63, 3.8) is 0 Å². The van der Waals surface area contributed by atoms with Crippen LogP contribution < -0.4 is 0 Å². The smallest absolute Gasteiger partial charge is 0.246 e. The Hall–Kier alpha value is -1.91. The summed E-state index contributed by atoms with van der Waals surface area (Å²) in [5.74, 6) is -0.346. The minimum atomic E-state index is -0.326. The monoisotopic (exact) mass is 276 g/mol. The number of nitrogens with zero attached hydrogens (tertiary/aromatic N) is 2. The largest absolute Gasteiger partial charge is 0.329 e. The van der Waals surface area contributed by atoms with Crippen LogP contribution >= 0.6 is 0 Å². The number of rotatable bonds is 2. The first-order valence-corrected chi connectivity index (χ1v) is 6.93. The number of halogens is 1. The Morgan fingerprint density at radius 1 is 1.35 bits per heavy atom. The summed E-state index contributed by atoms with van der Waals surface area (Å²) in [6, 6.07) is 5.60. The molecule has 0 radical (unpaired) electrons. The first-order valence-electron chi connectivity index (χ1n) is 6.93. The van der Waals surface area contributed by atoms with E-state index in [1.165, 1.54) is 12.1 Å². The number of piperazine rings is 1. The Bertz CT molecular complexity index is 561. The molecular weight excluding hydrogens is 259 g/mol. The molecule has 2 atom stereocenters. The summed E-state index contributed by atoms with van der Waals surface area (Å²) in [7, 11) is 0.